The lowest BCUT2D eigenvalue weighted by atomic mass is 10.2. The molecule has 2 heterocycles. The molecule has 0 radical (unpaired) electrons. The standard InChI is InChI=1S/C11H20N4OS/c1-3-15-10(6-12)13-14-11(15)17-7-9-5-4-8(2)16-9/h8-9H,3-7,12H2,1-2H3. The van der Waals surface area contributed by atoms with Crippen LogP contribution >= 0.6 is 11.8 Å². The largest absolute Gasteiger partial charge is 0.374 e. The molecule has 6 heteroatoms. The van der Waals surface area contributed by atoms with Crippen molar-refractivity contribution in [1.29, 1.82) is 0 Å². The number of rotatable bonds is 5. The molecule has 96 valence electrons. The van der Waals surface area contributed by atoms with Crippen LogP contribution in [0.5, 0.6) is 0 Å². The maximum absolute atomic E-state index is 5.79. The molecule has 0 aliphatic carbocycles. The Kier molecular flexibility index (Phi) is 4.42. The minimum Gasteiger partial charge on any atom is -0.374 e. The highest BCUT2D eigenvalue weighted by Gasteiger charge is 2.22. The van der Waals surface area contributed by atoms with E-state index in [1.54, 1.807) is 11.8 Å². The number of nitrogens with two attached hydrogens (primary N) is 1. The number of hydrogen-bond donors (Lipinski definition) is 1. The molecule has 1 aliphatic rings. The summed E-state index contributed by atoms with van der Waals surface area (Å²) in [6.45, 7) is 5.52. The van der Waals surface area contributed by atoms with Crippen molar-refractivity contribution >= 4 is 11.8 Å². The van der Waals surface area contributed by atoms with Crippen molar-refractivity contribution in [3.8, 4) is 0 Å². The molecule has 17 heavy (non-hydrogen) atoms. The van der Waals surface area contributed by atoms with Gasteiger partial charge in [0.1, 0.15) is 5.82 Å². The smallest absolute Gasteiger partial charge is 0.191 e. The first-order valence-electron chi connectivity index (χ1n) is 6.15. The fourth-order valence-corrected chi connectivity index (χ4v) is 3.14. The normalized spacial score (nSPS) is 24.4. The molecule has 0 bridgehead atoms. The molecule has 1 aliphatic heterocycles. The summed E-state index contributed by atoms with van der Waals surface area (Å²) in [5.41, 5.74) is 5.62. The molecule has 1 aromatic heterocycles. The van der Waals surface area contributed by atoms with Gasteiger partial charge in [0, 0.05) is 12.3 Å². The molecule has 1 fully saturated rings. The minimum atomic E-state index is 0.360. The fraction of sp³-hybridized carbons (Fsp3) is 0.818. The summed E-state index contributed by atoms with van der Waals surface area (Å²) in [4.78, 5) is 0. The highest BCUT2D eigenvalue weighted by atomic mass is 32.2. The maximum Gasteiger partial charge on any atom is 0.191 e. The quantitative estimate of drug-likeness (QED) is 0.807. The first kappa shape index (κ1) is 12.9. The van der Waals surface area contributed by atoms with Crippen LogP contribution in [0, 0.1) is 0 Å². The zero-order valence-corrected chi connectivity index (χ0v) is 11.2. The van der Waals surface area contributed by atoms with Crippen LogP contribution in [0.25, 0.3) is 0 Å². The summed E-state index contributed by atoms with van der Waals surface area (Å²) < 4.78 is 7.86. The summed E-state index contributed by atoms with van der Waals surface area (Å²) >= 11 is 1.72. The fourth-order valence-electron chi connectivity index (χ4n) is 2.07. The van der Waals surface area contributed by atoms with Crippen LogP contribution in [-0.4, -0.2) is 32.7 Å². The van der Waals surface area contributed by atoms with Crippen LogP contribution in [0.15, 0.2) is 5.16 Å². The summed E-state index contributed by atoms with van der Waals surface area (Å²) in [7, 11) is 0. The number of nitrogens with zero attached hydrogens (tertiary/aromatic N) is 3. The van der Waals surface area contributed by atoms with E-state index in [9.17, 15) is 0 Å². The van der Waals surface area contributed by atoms with Gasteiger partial charge in [-0.05, 0) is 26.7 Å². The van der Waals surface area contributed by atoms with E-state index in [1.807, 2.05) is 0 Å². The van der Waals surface area contributed by atoms with Crippen LogP contribution in [0.2, 0.25) is 0 Å². The minimum absolute atomic E-state index is 0.360. The zero-order chi connectivity index (χ0) is 12.3. The van der Waals surface area contributed by atoms with Crippen molar-refractivity contribution in [3.05, 3.63) is 5.82 Å². The predicted molar refractivity (Wildman–Crippen MR) is 67.9 cm³/mol. The van der Waals surface area contributed by atoms with E-state index in [0.29, 0.717) is 18.8 Å². The van der Waals surface area contributed by atoms with E-state index in [2.05, 4.69) is 28.6 Å². The monoisotopic (exact) mass is 256 g/mol. The molecule has 2 atom stereocenters. The molecule has 0 amide bonds. The summed E-state index contributed by atoms with van der Waals surface area (Å²) in [5, 5.41) is 9.22. The van der Waals surface area contributed by atoms with Gasteiger partial charge in [-0.1, -0.05) is 11.8 Å². The number of hydrogen-bond acceptors (Lipinski definition) is 5. The molecular weight excluding hydrogens is 236 g/mol. The Balaban J connectivity index is 1.92. The molecule has 1 aromatic rings. The number of ether oxygens (including phenoxy) is 1. The van der Waals surface area contributed by atoms with E-state index in [4.69, 9.17) is 10.5 Å². The molecule has 0 aromatic carbocycles. The second-order valence-corrected chi connectivity index (χ2v) is 5.29. The third-order valence-electron chi connectivity index (χ3n) is 3.01. The average molecular weight is 256 g/mol. The van der Waals surface area contributed by atoms with Crippen LogP contribution in [0.1, 0.15) is 32.5 Å². The van der Waals surface area contributed by atoms with Crippen LogP contribution in [0.4, 0.5) is 0 Å². The van der Waals surface area contributed by atoms with Crippen molar-refractivity contribution in [3.63, 3.8) is 0 Å². The maximum atomic E-state index is 5.79. The van der Waals surface area contributed by atoms with Gasteiger partial charge in [-0.3, -0.25) is 0 Å². The average Bonchev–Trinajstić information content (AvgIpc) is 2.91. The first-order chi connectivity index (χ1) is 8.24. The zero-order valence-electron chi connectivity index (χ0n) is 10.4. The van der Waals surface area contributed by atoms with Gasteiger partial charge in [-0.25, -0.2) is 0 Å². The van der Waals surface area contributed by atoms with Gasteiger partial charge in [-0.2, -0.15) is 0 Å². The molecule has 2 N–H and O–H groups in total. The van der Waals surface area contributed by atoms with Crippen molar-refractivity contribution in [2.45, 2.75) is 57.1 Å². The highest BCUT2D eigenvalue weighted by molar-refractivity contribution is 7.99. The second kappa shape index (κ2) is 5.84. The van der Waals surface area contributed by atoms with Gasteiger partial charge < -0.3 is 15.0 Å². The summed E-state index contributed by atoms with van der Waals surface area (Å²) in [6.07, 6.45) is 3.08. The van der Waals surface area contributed by atoms with Gasteiger partial charge in [0.2, 0.25) is 0 Å². The van der Waals surface area contributed by atoms with Crippen LogP contribution in [0.3, 0.4) is 0 Å². The molecule has 5 nitrogen and oxygen atoms in total. The third kappa shape index (κ3) is 3.00. The van der Waals surface area contributed by atoms with E-state index in [1.165, 1.54) is 6.42 Å². The number of aromatic nitrogens is 3. The van der Waals surface area contributed by atoms with Gasteiger partial charge in [0.05, 0.1) is 18.8 Å². The van der Waals surface area contributed by atoms with Gasteiger partial charge in [-0.15, -0.1) is 10.2 Å². The third-order valence-corrected chi connectivity index (χ3v) is 4.11. The highest BCUT2D eigenvalue weighted by Crippen LogP contribution is 2.25. The van der Waals surface area contributed by atoms with E-state index >= 15 is 0 Å². The predicted octanol–water partition coefficient (Wildman–Crippen LogP) is 1.42. The molecule has 0 spiro atoms. The Labute approximate surface area is 106 Å². The van der Waals surface area contributed by atoms with Gasteiger partial charge in [0.25, 0.3) is 0 Å². The van der Waals surface area contributed by atoms with Crippen molar-refractivity contribution in [2.24, 2.45) is 5.73 Å². The summed E-state index contributed by atoms with van der Waals surface area (Å²) in [5.74, 6) is 1.81. The lowest BCUT2D eigenvalue weighted by Gasteiger charge is -2.10. The number of thioether (sulfide) groups is 1. The second-order valence-electron chi connectivity index (χ2n) is 4.30. The Morgan fingerprint density at radius 1 is 1.47 bits per heavy atom. The van der Waals surface area contributed by atoms with E-state index in [0.717, 1.165) is 29.7 Å². The lowest BCUT2D eigenvalue weighted by molar-refractivity contribution is 0.0699. The lowest BCUT2D eigenvalue weighted by Crippen LogP contribution is -2.12. The molecule has 2 unspecified atom stereocenters. The molecular formula is C11H20N4OS. The van der Waals surface area contributed by atoms with Crippen LogP contribution in [-0.2, 0) is 17.8 Å². The van der Waals surface area contributed by atoms with Crippen LogP contribution < -0.4 is 5.73 Å². The van der Waals surface area contributed by atoms with Crippen molar-refractivity contribution in [2.75, 3.05) is 5.75 Å². The van der Waals surface area contributed by atoms with Crippen molar-refractivity contribution in [1.82, 2.24) is 14.8 Å². The van der Waals surface area contributed by atoms with Gasteiger partial charge >= 0.3 is 0 Å². The topological polar surface area (TPSA) is 66.0 Å². The molecule has 1 saturated heterocycles. The Hall–Kier alpha value is -0.590. The SMILES string of the molecule is CCn1c(CN)nnc1SCC1CCC(C)O1. The first-order valence-corrected chi connectivity index (χ1v) is 7.13. The van der Waals surface area contributed by atoms with E-state index < -0.39 is 0 Å². The summed E-state index contributed by atoms with van der Waals surface area (Å²) in [6, 6.07) is 0. The van der Waals surface area contributed by atoms with Gasteiger partial charge in [0.15, 0.2) is 5.16 Å². The molecule has 2 rings (SSSR count). The Morgan fingerprint density at radius 2 is 2.29 bits per heavy atom. The van der Waals surface area contributed by atoms with E-state index in [-0.39, 0.29) is 0 Å². The van der Waals surface area contributed by atoms with Crippen molar-refractivity contribution < 1.29 is 4.74 Å². The molecule has 0 saturated carbocycles. The Bertz CT molecular complexity index is 368. The Morgan fingerprint density at radius 3 is 2.88 bits per heavy atom.